The zero-order valence-electron chi connectivity index (χ0n) is 12.4. The van der Waals surface area contributed by atoms with E-state index in [1.807, 2.05) is 0 Å². The lowest BCUT2D eigenvalue weighted by molar-refractivity contribution is -0.249. The van der Waals surface area contributed by atoms with Crippen LogP contribution in [0.3, 0.4) is 0 Å². The molecule has 0 rings (SSSR count). The van der Waals surface area contributed by atoms with Crippen LogP contribution in [0.2, 0.25) is 44.3 Å². The minimum absolute atomic E-state index is 0.411. The Bertz CT molecular complexity index is 224. The average molecular weight is 299 g/mol. The molecule has 0 heterocycles. The Hall–Kier alpha value is 0.214. The van der Waals surface area contributed by atoms with Crippen LogP contribution in [0.5, 0.6) is 0 Å². The molecule has 0 atom stereocenters. The predicted molar refractivity (Wildman–Crippen MR) is 78.2 cm³/mol. The van der Waals surface area contributed by atoms with Gasteiger partial charge in [0.15, 0.2) is 0 Å². The molecule has 110 valence electrons. The summed E-state index contributed by atoms with van der Waals surface area (Å²) in [5.41, 5.74) is 0. The summed E-state index contributed by atoms with van der Waals surface area (Å²) in [5.74, 6) is 0. The van der Waals surface area contributed by atoms with E-state index in [0.29, 0.717) is 6.61 Å². The van der Waals surface area contributed by atoms with Gasteiger partial charge in [0, 0.05) is 30.6 Å². The first kappa shape index (κ1) is 18.2. The molecular weight excluding hydrogens is 270 g/mol. The highest BCUT2D eigenvalue weighted by Gasteiger charge is 2.28. The molecule has 0 aliphatic carbocycles. The van der Waals surface area contributed by atoms with Crippen LogP contribution in [-0.4, -0.2) is 43.3 Å². The summed E-state index contributed by atoms with van der Waals surface area (Å²) in [6.45, 7) is 9.29. The van der Waals surface area contributed by atoms with E-state index >= 15 is 0 Å². The zero-order chi connectivity index (χ0) is 14.2. The van der Waals surface area contributed by atoms with Crippen molar-refractivity contribution in [2.24, 2.45) is 0 Å². The van der Waals surface area contributed by atoms with Gasteiger partial charge in [-0.05, 0) is 6.42 Å². The van der Waals surface area contributed by atoms with Gasteiger partial charge in [-0.1, -0.05) is 44.3 Å². The summed E-state index contributed by atoms with van der Waals surface area (Å²) in [6.07, 6.45) is -2.26. The van der Waals surface area contributed by atoms with Crippen molar-refractivity contribution < 1.29 is 18.3 Å². The van der Waals surface area contributed by atoms with Crippen molar-refractivity contribution in [3.8, 4) is 0 Å². The quantitative estimate of drug-likeness (QED) is 0.451. The van der Waals surface area contributed by atoms with E-state index in [9.17, 15) is 8.78 Å². The largest absolute Gasteiger partial charge is 0.378 e. The number of ether oxygens (including phenoxy) is 2. The van der Waals surface area contributed by atoms with E-state index in [1.54, 1.807) is 0 Å². The lowest BCUT2D eigenvalue weighted by Crippen LogP contribution is -2.28. The summed E-state index contributed by atoms with van der Waals surface area (Å²) in [5, 5.41) is 0. The van der Waals surface area contributed by atoms with E-state index in [2.05, 4.69) is 30.9 Å². The first-order valence-electron chi connectivity index (χ1n) is 6.69. The Morgan fingerprint density at radius 1 is 1.17 bits per heavy atom. The highest BCUT2D eigenvalue weighted by atomic mass is 28.3. The van der Waals surface area contributed by atoms with Crippen LogP contribution < -0.4 is 0 Å². The third-order valence-electron chi connectivity index (χ3n) is 3.11. The third kappa shape index (κ3) is 10.2. The second kappa shape index (κ2) is 8.40. The van der Waals surface area contributed by atoms with Crippen LogP contribution in [0.15, 0.2) is 0 Å². The van der Waals surface area contributed by atoms with E-state index in [1.165, 1.54) is 12.1 Å². The Morgan fingerprint density at radius 2 is 1.78 bits per heavy atom. The molecule has 0 saturated carbocycles. The van der Waals surface area contributed by atoms with E-state index in [-0.39, 0.29) is 0 Å². The molecule has 0 saturated heterocycles. The molecule has 18 heavy (non-hydrogen) atoms. The fourth-order valence-electron chi connectivity index (χ4n) is 1.71. The second-order valence-electron chi connectivity index (χ2n) is 6.09. The van der Waals surface area contributed by atoms with E-state index in [0.717, 1.165) is 19.6 Å². The maximum atomic E-state index is 12.7. The summed E-state index contributed by atoms with van der Waals surface area (Å²) < 4.78 is 34.4. The van der Waals surface area contributed by atoms with Gasteiger partial charge in [0.1, 0.15) is 6.61 Å². The molecule has 0 spiro atoms. The first-order valence-corrected chi connectivity index (χ1v) is 13.2. The van der Waals surface area contributed by atoms with Crippen molar-refractivity contribution in [2.45, 2.75) is 56.8 Å². The van der Waals surface area contributed by atoms with Gasteiger partial charge in [-0.3, -0.25) is 0 Å². The number of hydrogen-bond acceptors (Lipinski definition) is 2. The monoisotopic (exact) mass is 298 g/mol. The molecule has 0 amide bonds. The molecule has 0 radical (unpaired) electrons. The summed E-state index contributed by atoms with van der Waals surface area (Å²) in [7, 11) is -0.596. The first-order chi connectivity index (χ1) is 8.18. The molecule has 0 aliphatic heterocycles. The second-order valence-corrected chi connectivity index (χ2v) is 14.8. The molecule has 0 aliphatic rings. The number of rotatable bonds is 10. The molecule has 6 heteroatoms. The summed E-state index contributed by atoms with van der Waals surface area (Å²) >= 11 is 0. The third-order valence-corrected chi connectivity index (χ3v) is 8.48. The van der Waals surface area contributed by atoms with E-state index in [4.69, 9.17) is 4.74 Å². The van der Waals surface area contributed by atoms with Crippen molar-refractivity contribution in [2.75, 3.05) is 20.3 Å². The SMILES string of the molecule is COC(F)(F)COCCC[Si](C)(C)CC[SiH](C)C. The topological polar surface area (TPSA) is 18.5 Å². The van der Waals surface area contributed by atoms with Crippen molar-refractivity contribution in [1.29, 1.82) is 0 Å². The Labute approximate surface area is 113 Å². The van der Waals surface area contributed by atoms with Gasteiger partial charge in [0.2, 0.25) is 0 Å². The molecule has 0 aromatic heterocycles. The maximum absolute atomic E-state index is 12.7. The molecular formula is C12H28F2O2Si2. The fourth-order valence-corrected chi connectivity index (χ4v) is 8.49. The predicted octanol–water partition coefficient (Wildman–Crippen LogP) is 3.83. The minimum Gasteiger partial charge on any atom is -0.372 e. The zero-order valence-corrected chi connectivity index (χ0v) is 14.5. The number of hydrogen-bond donors (Lipinski definition) is 0. The number of alkyl halides is 2. The van der Waals surface area contributed by atoms with Crippen molar-refractivity contribution in [1.82, 2.24) is 0 Å². The lowest BCUT2D eigenvalue weighted by atomic mass is 10.5. The van der Waals surface area contributed by atoms with Crippen molar-refractivity contribution >= 4 is 16.9 Å². The minimum atomic E-state index is -3.14. The standard InChI is InChI=1S/C12H28F2O2Si2/c1-15-12(13,14)11-16-7-6-9-18(4,5)10-8-17(2)3/h17H,6-11H2,1-5H3. The molecule has 0 unspecified atom stereocenters. The van der Waals surface area contributed by atoms with Crippen molar-refractivity contribution in [3.05, 3.63) is 0 Å². The van der Waals surface area contributed by atoms with Crippen LogP contribution in [0, 0.1) is 0 Å². The van der Waals surface area contributed by atoms with Crippen molar-refractivity contribution in [3.63, 3.8) is 0 Å². The van der Waals surface area contributed by atoms with Crippen LogP contribution in [0.4, 0.5) is 8.78 Å². The number of halogens is 2. The van der Waals surface area contributed by atoms with Gasteiger partial charge in [-0.15, -0.1) is 0 Å². The van der Waals surface area contributed by atoms with Gasteiger partial charge >= 0.3 is 6.11 Å². The molecule has 0 aromatic carbocycles. The summed E-state index contributed by atoms with van der Waals surface area (Å²) in [6, 6.07) is 3.93. The lowest BCUT2D eigenvalue weighted by Gasteiger charge is -2.23. The highest BCUT2D eigenvalue weighted by Crippen LogP contribution is 2.21. The highest BCUT2D eigenvalue weighted by molar-refractivity contribution is 6.78. The molecule has 0 fully saturated rings. The van der Waals surface area contributed by atoms with Gasteiger partial charge in [-0.2, -0.15) is 8.78 Å². The molecule has 2 nitrogen and oxygen atoms in total. The normalized spacial score (nSPS) is 13.3. The van der Waals surface area contributed by atoms with Gasteiger partial charge in [0.05, 0.1) is 0 Å². The van der Waals surface area contributed by atoms with E-state index < -0.39 is 29.6 Å². The molecule has 0 N–H and O–H groups in total. The van der Waals surface area contributed by atoms with Crippen LogP contribution >= 0.6 is 0 Å². The van der Waals surface area contributed by atoms with Gasteiger partial charge in [0.25, 0.3) is 0 Å². The Balaban J connectivity index is 3.64. The molecule has 0 aromatic rings. The molecule has 0 bridgehead atoms. The van der Waals surface area contributed by atoms with Crippen LogP contribution in [0.25, 0.3) is 0 Å². The van der Waals surface area contributed by atoms with Crippen LogP contribution in [-0.2, 0) is 9.47 Å². The number of methoxy groups -OCH3 is 1. The van der Waals surface area contributed by atoms with Crippen LogP contribution in [0.1, 0.15) is 6.42 Å². The Kier molecular flexibility index (Phi) is 8.50. The van der Waals surface area contributed by atoms with Gasteiger partial charge in [-0.25, -0.2) is 0 Å². The Morgan fingerprint density at radius 3 is 2.28 bits per heavy atom. The smallest absolute Gasteiger partial charge is 0.372 e. The summed E-state index contributed by atoms with van der Waals surface area (Å²) in [4.78, 5) is 0. The fraction of sp³-hybridized carbons (Fsp3) is 1.00. The van der Waals surface area contributed by atoms with Gasteiger partial charge < -0.3 is 9.47 Å². The maximum Gasteiger partial charge on any atom is 0.378 e. The average Bonchev–Trinajstić information content (AvgIpc) is 2.26.